The Morgan fingerprint density at radius 3 is 2.92 bits per heavy atom. The number of rotatable bonds is 4. The number of carbonyl (C=O) groups is 1. The van der Waals surface area contributed by atoms with Gasteiger partial charge in [0, 0.05) is 4.88 Å². The molecule has 2 aromatic rings. The average Bonchev–Trinajstić information content (AvgIpc) is 3.22. The molecule has 24 heavy (non-hydrogen) atoms. The van der Waals surface area contributed by atoms with E-state index in [9.17, 15) is 9.59 Å². The fraction of sp³-hybridized carbons (Fsp3) is 0.588. The van der Waals surface area contributed by atoms with E-state index in [-0.39, 0.29) is 24.2 Å². The zero-order chi connectivity index (χ0) is 16.5. The Balaban J connectivity index is 1.52. The number of amides is 1. The minimum absolute atomic E-state index is 0.0170. The largest absolute Gasteiger partial charge is 0.368 e. The molecule has 0 atom stereocenters. The molecule has 0 radical (unpaired) electrons. The maximum atomic E-state index is 12.7. The lowest BCUT2D eigenvalue weighted by Crippen LogP contribution is -2.35. The lowest BCUT2D eigenvalue weighted by Gasteiger charge is -2.12. The summed E-state index contributed by atoms with van der Waals surface area (Å²) in [5.74, 6) is -0.311. The van der Waals surface area contributed by atoms with Gasteiger partial charge in [0.1, 0.15) is 17.8 Å². The van der Waals surface area contributed by atoms with Gasteiger partial charge in [-0.05, 0) is 44.1 Å². The minimum Gasteiger partial charge on any atom is -0.368 e. The van der Waals surface area contributed by atoms with Gasteiger partial charge < -0.3 is 4.74 Å². The molecule has 0 unspecified atom stereocenters. The fourth-order valence-electron chi connectivity index (χ4n) is 3.64. The first-order valence-electron chi connectivity index (χ1n) is 8.66. The zero-order valence-corrected chi connectivity index (χ0v) is 14.4. The molecule has 2 aliphatic carbocycles. The van der Waals surface area contributed by atoms with E-state index < -0.39 is 0 Å². The standard InChI is InChI=1S/C17H21N3O3S/c21-14(9-23-11-5-1-2-6-11)19-20-10-18-16-15(17(20)22)12-7-3-4-8-13(12)24-16/h10-11H,1-9H2,(H,19,21). The number of ether oxygens (including phenoxy) is 1. The number of nitrogens with one attached hydrogen (secondary N) is 1. The van der Waals surface area contributed by atoms with E-state index in [0.717, 1.165) is 55.3 Å². The first-order chi connectivity index (χ1) is 11.7. The topological polar surface area (TPSA) is 73.2 Å². The van der Waals surface area contributed by atoms with E-state index in [1.807, 2.05) is 0 Å². The summed E-state index contributed by atoms with van der Waals surface area (Å²) < 4.78 is 6.79. The molecule has 0 spiro atoms. The average molecular weight is 347 g/mol. The maximum absolute atomic E-state index is 12.7. The van der Waals surface area contributed by atoms with Crippen LogP contribution in [0.4, 0.5) is 0 Å². The van der Waals surface area contributed by atoms with Gasteiger partial charge in [-0.1, -0.05) is 12.8 Å². The number of fused-ring (bicyclic) bond motifs is 3. The summed E-state index contributed by atoms with van der Waals surface area (Å²) in [6, 6.07) is 0. The predicted octanol–water partition coefficient (Wildman–Crippen LogP) is 2.37. The highest BCUT2D eigenvalue weighted by Crippen LogP contribution is 2.33. The van der Waals surface area contributed by atoms with Gasteiger partial charge in [-0.2, -0.15) is 0 Å². The van der Waals surface area contributed by atoms with E-state index in [2.05, 4.69) is 10.4 Å². The smallest absolute Gasteiger partial charge is 0.281 e. The van der Waals surface area contributed by atoms with Crippen molar-refractivity contribution in [1.29, 1.82) is 0 Å². The van der Waals surface area contributed by atoms with Crippen LogP contribution >= 0.6 is 11.3 Å². The summed E-state index contributed by atoms with van der Waals surface area (Å²) >= 11 is 1.61. The molecule has 2 aromatic heterocycles. The van der Waals surface area contributed by atoms with E-state index in [0.29, 0.717) is 5.39 Å². The second-order valence-electron chi connectivity index (χ2n) is 6.56. The molecule has 0 aliphatic heterocycles. The second kappa shape index (κ2) is 6.64. The van der Waals surface area contributed by atoms with Crippen LogP contribution in [0.1, 0.15) is 49.0 Å². The van der Waals surface area contributed by atoms with Gasteiger partial charge in [0.05, 0.1) is 11.5 Å². The zero-order valence-electron chi connectivity index (χ0n) is 13.5. The van der Waals surface area contributed by atoms with Gasteiger partial charge in [0.15, 0.2) is 0 Å². The highest BCUT2D eigenvalue weighted by atomic mass is 32.1. The SMILES string of the molecule is O=C(COC1CCCC1)Nn1cnc2sc3c(c2c1=O)CCCC3. The van der Waals surface area contributed by atoms with E-state index in [4.69, 9.17) is 4.74 Å². The Kier molecular flexibility index (Phi) is 4.37. The third-order valence-electron chi connectivity index (χ3n) is 4.87. The van der Waals surface area contributed by atoms with E-state index >= 15 is 0 Å². The van der Waals surface area contributed by atoms with Crippen molar-refractivity contribution in [1.82, 2.24) is 9.66 Å². The van der Waals surface area contributed by atoms with Crippen LogP contribution in [0.2, 0.25) is 0 Å². The lowest BCUT2D eigenvalue weighted by molar-refractivity contribution is -0.123. The van der Waals surface area contributed by atoms with Crippen molar-refractivity contribution in [3.63, 3.8) is 0 Å². The highest BCUT2D eigenvalue weighted by molar-refractivity contribution is 7.18. The third-order valence-corrected chi connectivity index (χ3v) is 6.07. The van der Waals surface area contributed by atoms with E-state index in [1.165, 1.54) is 22.3 Å². The lowest BCUT2D eigenvalue weighted by atomic mass is 9.97. The highest BCUT2D eigenvalue weighted by Gasteiger charge is 2.21. The van der Waals surface area contributed by atoms with E-state index in [1.54, 1.807) is 11.3 Å². The van der Waals surface area contributed by atoms with Crippen LogP contribution in [0.5, 0.6) is 0 Å². The Morgan fingerprint density at radius 2 is 2.08 bits per heavy atom. The van der Waals surface area contributed by atoms with Crippen LogP contribution < -0.4 is 11.0 Å². The van der Waals surface area contributed by atoms with Crippen molar-refractivity contribution in [2.24, 2.45) is 0 Å². The number of aromatic nitrogens is 2. The molecular weight excluding hydrogens is 326 g/mol. The Morgan fingerprint density at radius 1 is 1.29 bits per heavy atom. The molecule has 1 N–H and O–H groups in total. The van der Waals surface area contributed by atoms with Crippen LogP contribution in [0.25, 0.3) is 10.2 Å². The molecule has 128 valence electrons. The van der Waals surface area contributed by atoms with Gasteiger partial charge in [0.25, 0.3) is 11.5 Å². The minimum atomic E-state index is -0.311. The van der Waals surface area contributed by atoms with Crippen molar-refractivity contribution in [2.75, 3.05) is 12.0 Å². The summed E-state index contributed by atoms with van der Waals surface area (Å²) in [4.78, 5) is 31.2. The molecule has 7 heteroatoms. The van der Waals surface area contributed by atoms with Gasteiger partial charge in [-0.15, -0.1) is 11.3 Å². The number of nitrogens with zero attached hydrogens (tertiary/aromatic N) is 2. The predicted molar refractivity (Wildman–Crippen MR) is 93.1 cm³/mol. The summed E-state index contributed by atoms with van der Waals surface area (Å²) in [6.07, 6.45) is 10.2. The summed E-state index contributed by atoms with van der Waals surface area (Å²) in [7, 11) is 0. The number of aryl methyl sites for hydroxylation is 2. The molecule has 6 nitrogen and oxygen atoms in total. The Hall–Kier alpha value is -1.73. The molecule has 1 amide bonds. The summed E-state index contributed by atoms with van der Waals surface area (Å²) in [5.41, 5.74) is 3.55. The second-order valence-corrected chi connectivity index (χ2v) is 7.65. The van der Waals surface area contributed by atoms with Crippen molar-refractivity contribution in [3.8, 4) is 0 Å². The molecule has 0 bridgehead atoms. The van der Waals surface area contributed by atoms with Gasteiger partial charge in [0.2, 0.25) is 0 Å². The molecule has 0 aromatic carbocycles. The summed E-state index contributed by atoms with van der Waals surface area (Å²) in [5, 5.41) is 0.675. The summed E-state index contributed by atoms with van der Waals surface area (Å²) in [6.45, 7) is -0.0170. The van der Waals surface area contributed by atoms with Crippen molar-refractivity contribution < 1.29 is 9.53 Å². The number of hydrogen-bond donors (Lipinski definition) is 1. The van der Waals surface area contributed by atoms with Crippen molar-refractivity contribution in [3.05, 3.63) is 27.1 Å². The molecular formula is C17H21N3O3S. The van der Waals surface area contributed by atoms with Crippen LogP contribution in [-0.2, 0) is 22.4 Å². The Labute approximate surface area is 143 Å². The molecule has 0 saturated heterocycles. The van der Waals surface area contributed by atoms with Crippen LogP contribution in [-0.4, -0.2) is 28.3 Å². The Bertz CT molecular complexity index is 820. The van der Waals surface area contributed by atoms with Gasteiger partial charge >= 0.3 is 0 Å². The first kappa shape index (κ1) is 15.8. The fourth-order valence-corrected chi connectivity index (χ4v) is 4.86. The van der Waals surface area contributed by atoms with Crippen LogP contribution in [0.3, 0.4) is 0 Å². The number of hydrogen-bond acceptors (Lipinski definition) is 5. The molecule has 1 saturated carbocycles. The number of carbonyl (C=O) groups excluding carboxylic acids is 1. The van der Waals surface area contributed by atoms with Crippen molar-refractivity contribution >= 4 is 27.5 Å². The molecule has 1 fully saturated rings. The molecule has 2 heterocycles. The first-order valence-corrected chi connectivity index (χ1v) is 9.47. The van der Waals surface area contributed by atoms with Crippen LogP contribution in [0.15, 0.2) is 11.1 Å². The normalized spacial score (nSPS) is 18.0. The molecule has 4 rings (SSSR count). The molecule has 2 aliphatic rings. The van der Waals surface area contributed by atoms with Gasteiger partial charge in [-0.3, -0.25) is 15.0 Å². The maximum Gasteiger partial charge on any atom is 0.281 e. The third kappa shape index (κ3) is 2.98. The quantitative estimate of drug-likeness (QED) is 0.921. The van der Waals surface area contributed by atoms with Gasteiger partial charge in [-0.25, -0.2) is 9.66 Å². The number of thiophene rings is 1. The van der Waals surface area contributed by atoms with Crippen LogP contribution in [0, 0.1) is 0 Å². The van der Waals surface area contributed by atoms with Crippen molar-refractivity contribution in [2.45, 2.75) is 57.5 Å². The monoisotopic (exact) mass is 347 g/mol.